The molecule has 0 radical (unpaired) electrons. The van der Waals surface area contributed by atoms with Crippen LogP contribution in [0.25, 0.3) is 6.08 Å². The Labute approximate surface area is 184 Å². The SMILES string of the molecule is Cc1c2c(c(CO)c[n+]1Cc1ccccc1)C=CC1(O2)N(C)c2ccccc2C1(C)C. The number of rotatable bonds is 3. The summed E-state index contributed by atoms with van der Waals surface area (Å²) < 4.78 is 9.13. The van der Waals surface area contributed by atoms with Gasteiger partial charge in [0.15, 0.2) is 18.5 Å². The highest BCUT2D eigenvalue weighted by molar-refractivity contribution is 5.73. The van der Waals surface area contributed by atoms with Gasteiger partial charge in [0.05, 0.1) is 17.6 Å². The van der Waals surface area contributed by atoms with Crippen LogP contribution in [-0.4, -0.2) is 17.9 Å². The van der Waals surface area contributed by atoms with Crippen LogP contribution in [0.5, 0.6) is 5.75 Å². The molecule has 5 rings (SSSR count). The zero-order chi connectivity index (χ0) is 21.8. The van der Waals surface area contributed by atoms with Crippen molar-refractivity contribution >= 4 is 11.8 Å². The summed E-state index contributed by atoms with van der Waals surface area (Å²) in [6.07, 6.45) is 6.34. The van der Waals surface area contributed by atoms with Crippen LogP contribution < -0.4 is 14.2 Å². The van der Waals surface area contributed by atoms with Crippen molar-refractivity contribution in [1.82, 2.24) is 0 Å². The summed E-state index contributed by atoms with van der Waals surface area (Å²) in [4.78, 5) is 2.24. The quantitative estimate of drug-likeness (QED) is 0.649. The van der Waals surface area contributed by atoms with Gasteiger partial charge in [0.2, 0.25) is 11.4 Å². The Balaban J connectivity index is 1.64. The number of pyridine rings is 1. The van der Waals surface area contributed by atoms with Crippen LogP contribution in [0, 0.1) is 6.92 Å². The van der Waals surface area contributed by atoms with E-state index in [0.717, 1.165) is 29.1 Å². The predicted octanol–water partition coefficient (Wildman–Crippen LogP) is 4.35. The van der Waals surface area contributed by atoms with E-state index >= 15 is 0 Å². The van der Waals surface area contributed by atoms with Crippen molar-refractivity contribution in [2.45, 2.75) is 45.1 Å². The Hall–Kier alpha value is -3.11. The van der Waals surface area contributed by atoms with Gasteiger partial charge in [-0.2, -0.15) is 4.57 Å². The molecule has 4 nitrogen and oxygen atoms in total. The summed E-state index contributed by atoms with van der Waals surface area (Å²) in [6.45, 7) is 7.29. The standard InChI is InChI=1S/C27H29N2O2/c1-19-25-22(21(18-30)17-29(19)16-20-10-6-5-7-11-20)14-15-27(31-25)26(2,3)23-12-8-9-13-24(23)28(27)4/h5-15,17,30H,16,18H2,1-4H3/q+1. The molecule has 0 saturated heterocycles. The molecular weight excluding hydrogens is 384 g/mol. The number of nitrogens with zero attached hydrogens (tertiary/aromatic N) is 2. The molecule has 2 aliphatic heterocycles. The van der Waals surface area contributed by atoms with Gasteiger partial charge in [0.25, 0.3) is 0 Å². The third-order valence-electron chi connectivity index (χ3n) is 7.09. The molecule has 4 heteroatoms. The highest BCUT2D eigenvalue weighted by Gasteiger charge is 2.58. The van der Waals surface area contributed by atoms with Gasteiger partial charge < -0.3 is 14.7 Å². The number of aromatic nitrogens is 1. The van der Waals surface area contributed by atoms with Crippen molar-refractivity contribution in [3.63, 3.8) is 0 Å². The number of aliphatic hydroxyl groups excluding tert-OH is 1. The second-order valence-corrected chi connectivity index (χ2v) is 9.09. The number of para-hydroxylation sites is 1. The second-order valence-electron chi connectivity index (χ2n) is 9.09. The number of anilines is 1. The number of benzene rings is 2. The maximum Gasteiger partial charge on any atom is 0.221 e. The summed E-state index contributed by atoms with van der Waals surface area (Å²) in [5.41, 5.74) is 5.69. The first kappa shape index (κ1) is 19.8. The minimum Gasteiger partial charge on any atom is -0.456 e. The number of likely N-dealkylation sites (N-methyl/N-ethyl adjacent to an activating group) is 1. The first-order valence-electron chi connectivity index (χ1n) is 10.8. The molecule has 3 heterocycles. The molecule has 2 aromatic carbocycles. The van der Waals surface area contributed by atoms with E-state index in [1.165, 1.54) is 16.8 Å². The number of fused-ring (bicyclic) bond motifs is 2. The zero-order valence-corrected chi connectivity index (χ0v) is 18.6. The van der Waals surface area contributed by atoms with Gasteiger partial charge in [-0.15, -0.1) is 0 Å². The minimum atomic E-state index is -0.632. The summed E-state index contributed by atoms with van der Waals surface area (Å²) in [5, 5.41) is 10.1. The highest BCUT2D eigenvalue weighted by atomic mass is 16.5. The van der Waals surface area contributed by atoms with Gasteiger partial charge in [0, 0.05) is 30.8 Å². The van der Waals surface area contributed by atoms with Crippen LogP contribution in [0.1, 0.15) is 41.8 Å². The summed E-state index contributed by atoms with van der Waals surface area (Å²) >= 11 is 0. The van der Waals surface area contributed by atoms with Crippen LogP contribution in [0.4, 0.5) is 5.69 Å². The van der Waals surface area contributed by atoms with Crippen molar-refractivity contribution in [3.8, 4) is 5.75 Å². The molecule has 2 aliphatic rings. The molecule has 1 aromatic heterocycles. The van der Waals surface area contributed by atoms with Gasteiger partial charge in [-0.1, -0.05) is 48.5 Å². The molecular formula is C27H29N2O2+. The van der Waals surface area contributed by atoms with E-state index in [1.807, 2.05) is 12.3 Å². The Bertz CT molecular complexity index is 1180. The second kappa shape index (κ2) is 6.96. The Morgan fingerprint density at radius 3 is 2.45 bits per heavy atom. The smallest absolute Gasteiger partial charge is 0.221 e. The average Bonchev–Trinajstić information content (AvgIpc) is 2.95. The maximum atomic E-state index is 10.1. The minimum absolute atomic E-state index is 0.0302. The van der Waals surface area contributed by atoms with Crippen molar-refractivity contribution in [1.29, 1.82) is 0 Å². The van der Waals surface area contributed by atoms with Gasteiger partial charge in [-0.3, -0.25) is 0 Å². The molecule has 0 bridgehead atoms. The van der Waals surface area contributed by atoms with Crippen LogP contribution in [0.3, 0.4) is 0 Å². The normalized spacial score (nSPS) is 20.5. The first-order chi connectivity index (χ1) is 14.9. The molecule has 31 heavy (non-hydrogen) atoms. The fraction of sp³-hybridized carbons (Fsp3) is 0.296. The van der Waals surface area contributed by atoms with Crippen LogP contribution >= 0.6 is 0 Å². The largest absolute Gasteiger partial charge is 0.456 e. The van der Waals surface area contributed by atoms with E-state index in [0.29, 0.717) is 0 Å². The summed E-state index contributed by atoms with van der Waals surface area (Å²) in [5.74, 6) is 0.845. The van der Waals surface area contributed by atoms with E-state index in [1.54, 1.807) is 0 Å². The predicted molar refractivity (Wildman–Crippen MR) is 123 cm³/mol. The molecule has 1 atom stereocenters. The van der Waals surface area contributed by atoms with Crippen LogP contribution in [0.2, 0.25) is 0 Å². The van der Waals surface area contributed by atoms with Crippen LogP contribution in [-0.2, 0) is 18.6 Å². The van der Waals surface area contributed by atoms with Gasteiger partial charge >= 0.3 is 0 Å². The third-order valence-corrected chi connectivity index (χ3v) is 7.09. The van der Waals surface area contributed by atoms with E-state index in [-0.39, 0.29) is 12.0 Å². The Kier molecular flexibility index (Phi) is 4.45. The van der Waals surface area contributed by atoms with E-state index in [9.17, 15) is 5.11 Å². The van der Waals surface area contributed by atoms with E-state index in [4.69, 9.17) is 4.74 Å². The molecule has 0 saturated carbocycles. The Morgan fingerprint density at radius 1 is 1.03 bits per heavy atom. The van der Waals surface area contributed by atoms with Gasteiger partial charge in [0.1, 0.15) is 0 Å². The van der Waals surface area contributed by atoms with E-state index in [2.05, 4.69) is 98.0 Å². The lowest BCUT2D eigenvalue weighted by Crippen LogP contribution is -2.58. The molecule has 0 fully saturated rings. The average molecular weight is 414 g/mol. The molecule has 158 valence electrons. The molecule has 0 amide bonds. The number of aliphatic hydroxyl groups is 1. The molecule has 0 aliphatic carbocycles. The topological polar surface area (TPSA) is 36.6 Å². The molecule has 3 aromatic rings. The number of ether oxygens (including phenoxy) is 1. The number of hydrogen-bond acceptors (Lipinski definition) is 3. The lowest BCUT2D eigenvalue weighted by Gasteiger charge is -2.45. The van der Waals surface area contributed by atoms with Gasteiger partial charge in [-0.05, 0) is 37.6 Å². The van der Waals surface area contributed by atoms with Crippen molar-refractivity contribution in [3.05, 3.63) is 94.8 Å². The fourth-order valence-corrected chi connectivity index (χ4v) is 5.20. The monoisotopic (exact) mass is 413 g/mol. The van der Waals surface area contributed by atoms with Crippen LogP contribution in [0.15, 0.2) is 66.9 Å². The molecule has 1 N–H and O–H groups in total. The molecule has 1 unspecified atom stereocenters. The summed E-state index contributed by atoms with van der Waals surface area (Å²) in [6, 6.07) is 18.9. The van der Waals surface area contributed by atoms with E-state index < -0.39 is 5.72 Å². The zero-order valence-electron chi connectivity index (χ0n) is 18.6. The fourth-order valence-electron chi connectivity index (χ4n) is 5.20. The number of hydrogen-bond donors (Lipinski definition) is 1. The lowest BCUT2D eigenvalue weighted by molar-refractivity contribution is -0.695. The Morgan fingerprint density at radius 2 is 1.74 bits per heavy atom. The summed E-state index contributed by atoms with van der Waals surface area (Å²) in [7, 11) is 2.10. The van der Waals surface area contributed by atoms with Crippen molar-refractivity contribution in [2.75, 3.05) is 11.9 Å². The lowest BCUT2D eigenvalue weighted by atomic mass is 9.76. The molecule has 1 spiro atoms. The van der Waals surface area contributed by atoms with Gasteiger partial charge in [-0.25, -0.2) is 0 Å². The van der Waals surface area contributed by atoms with Crippen molar-refractivity contribution in [2.24, 2.45) is 0 Å². The third kappa shape index (κ3) is 2.75. The maximum absolute atomic E-state index is 10.1. The highest BCUT2D eigenvalue weighted by Crippen LogP contribution is 2.54. The first-order valence-corrected chi connectivity index (χ1v) is 10.8. The van der Waals surface area contributed by atoms with Crippen molar-refractivity contribution < 1.29 is 14.4 Å².